The number of nitrogens with zero attached hydrogens (tertiary/aromatic N) is 1. The molecule has 1 atom stereocenters. The molecule has 1 N–H and O–H groups in total. The molecule has 21 heavy (non-hydrogen) atoms. The second-order valence-corrected chi connectivity index (χ2v) is 5.20. The molecule has 1 aromatic carbocycles. The van der Waals surface area contributed by atoms with Gasteiger partial charge in [0.25, 0.3) is 17.7 Å². The second-order valence-electron chi connectivity index (χ2n) is 5.20. The summed E-state index contributed by atoms with van der Waals surface area (Å²) in [5.41, 5.74) is 1.01. The largest absolute Gasteiger partial charge is 0.376 e. The van der Waals surface area contributed by atoms with Crippen LogP contribution in [-0.4, -0.2) is 48.9 Å². The summed E-state index contributed by atoms with van der Waals surface area (Å²) in [5, 5.41) is 2.50. The van der Waals surface area contributed by atoms with Gasteiger partial charge in [0.05, 0.1) is 23.8 Å². The molecule has 0 aromatic heterocycles. The van der Waals surface area contributed by atoms with Crippen LogP contribution in [0.5, 0.6) is 0 Å². The van der Waals surface area contributed by atoms with E-state index in [0.29, 0.717) is 23.3 Å². The Labute approximate surface area is 122 Å². The SMILES string of the molecule is CNC(=O)c1ccc2c(c1)C(=O)N(CC1CCCO1)C2=O. The van der Waals surface area contributed by atoms with E-state index in [1.165, 1.54) is 24.1 Å². The summed E-state index contributed by atoms with van der Waals surface area (Å²) in [4.78, 5) is 37.5. The fourth-order valence-electron chi connectivity index (χ4n) is 2.73. The maximum absolute atomic E-state index is 12.4. The lowest BCUT2D eigenvalue weighted by atomic mass is 10.1. The van der Waals surface area contributed by atoms with Crippen LogP contribution in [0.25, 0.3) is 0 Å². The van der Waals surface area contributed by atoms with E-state index in [9.17, 15) is 14.4 Å². The number of hydrogen-bond acceptors (Lipinski definition) is 4. The number of benzene rings is 1. The van der Waals surface area contributed by atoms with Crippen LogP contribution in [-0.2, 0) is 4.74 Å². The summed E-state index contributed by atoms with van der Waals surface area (Å²) >= 11 is 0. The van der Waals surface area contributed by atoms with Crippen molar-refractivity contribution in [3.8, 4) is 0 Å². The van der Waals surface area contributed by atoms with E-state index in [1.807, 2.05) is 0 Å². The van der Waals surface area contributed by atoms with Crippen molar-refractivity contribution in [3.63, 3.8) is 0 Å². The van der Waals surface area contributed by atoms with Gasteiger partial charge in [-0.25, -0.2) is 0 Å². The summed E-state index contributed by atoms with van der Waals surface area (Å²) in [6, 6.07) is 4.57. The minimum atomic E-state index is -0.351. The minimum Gasteiger partial charge on any atom is -0.376 e. The fourth-order valence-corrected chi connectivity index (χ4v) is 2.73. The lowest BCUT2D eigenvalue weighted by molar-refractivity contribution is 0.0475. The highest BCUT2D eigenvalue weighted by Gasteiger charge is 2.37. The maximum Gasteiger partial charge on any atom is 0.261 e. The molecule has 2 aliphatic heterocycles. The molecule has 0 spiro atoms. The third kappa shape index (κ3) is 2.31. The number of carbonyl (C=O) groups is 3. The van der Waals surface area contributed by atoms with E-state index >= 15 is 0 Å². The van der Waals surface area contributed by atoms with Crippen molar-refractivity contribution in [2.24, 2.45) is 0 Å². The van der Waals surface area contributed by atoms with Crippen LogP contribution >= 0.6 is 0 Å². The maximum atomic E-state index is 12.4. The zero-order valence-electron chi connectivity index (χ0n) is 11.7. The molecule has 2 aliphatic rings. The summed E-state index contributed by atoms with van der Waals surface area (Å²) in [6.45, 7) is 0.955. The molecule has 0 aliphatic carbocycles. The molecule has 0 radical (unpaired) electrons. The standard InChI is InChI=1S/C15H16N2O4/c1-16-13(18)9-4-5-11-12(7-9)15(20)17(14(11)19)8-10-3-2-6-21-10/h4-5,7,10H,2-3,6,8H2,1H3,(H,16,18). The third-order valence-electron chi connectivity index (χ3n) is 3.87. The molecular weight excluding hydrogens is 272 g/mol. The molecule has 110 valence electrons. The van der Waals surface area contributed by atoms with Crippen molar-refractivity contribution in [1.29, 1.82) is 0 Å². The van der Waals surface area contributed by atoms with Crippen LogP contribution < -0.4 is 5.32 Å². The van der Waals surface area contributed by atoms with Gasteiger partial charge in [-0.3, -0.25) is 19.3 Å². The van der Waals surface area contributed by atoms with Gasteiger partial charge in [0.15, 0.2) is 0 Å². The van der Waals surface area contributed by atoms with Gasteiger partial charge in [-0.15, -0.1) is 0 Å². The molecular formula is C15H16N2O4. The molecule has 3 rings (SSSR count). The first-order valence-corrected chi connectivity index (χ1v) is 6.95. The average Bonchev–Trinajstić information content (AvgIpc) is 3.09. The molecule has 1 fully saturated rings. The van der Waals surface area contributed by atoms with Gasteiger partial charge in [-0.2, -0.15) is 0 Å². The number of carbonyl (C=O) groups excluding carboxylic acids is 3. The Kier molecular flexibility index (Phi) is 3.47. The van der Waals surface area contributed by atoms with Crippen LogP contribution in [0.2, 0.25) is 0 Å². The summed E-state index contributed by atoms with van der Waals surface area (Å²) < 4.78 is 5.48. The summed E-state index contributed by atoms with van der Waals surface area (Å²) in [7, 11) is 1.52. The van der Waals surface area contributed by atoms with Crippen molar-refractivity contribution < 1.29 is 19.1 Å². The molecule has 6 heteroatoms. The van der Waals surface area contributed by atoms with Gasteiger partial charge in [-0.1, -0.05) is 0 Å². The first-order valence-electron chi connectivity index (χ1n) is 6.95. The molecule has 0 saturated carbocycles. The fraction of sp³-hybridized carbons (Fsp3) is 0.400. The quantitative estimate of drug-likeness (QED) is 0.836. The van der Waals surface area contributed by atoms with Crippen LogP contribution in [0, 0.1) is 0 Å². The predicted molar refractivity (Wildman–Crippen MR) is 74.2 cm³/mol. The first-order chi connectivity index (χ1) is 10.1. The Morgan fingerprint density at radius 2 is 2.10 bits per heavy atom. The lowest BCUT2D eigenvalue weighted by Gasteiger charge is -2.17. The summed E-state index contributed by atoms with van der Waals surface area (Å²) in [6.07, 6.45) is 1.73. The summed E-state index contributed by atoms with van der Waals surface area (Å²) in [5.74, 6) is -0.944. The second kappa shape index (κ2) is 5.29. The van der Waals surface area contributed by atoms with Crippen molar-refractivity contribution >= 4 is 17.7 Å². The average molecular weight is 288 g/mol. The Morgan fingerprint density at radius 3 is 2.76 bits per heavy atom. The Bertz CT molecular complexity index is 620. The topological polar surface area (TPSA) is 75.7 Å². The minimum absolute atomic E-state index is 0.0781. The number of imide groups is 1. The van der Waals surface area contributed by atoms with Gasteiger partial charge in [0.2, 0.25) is 0 Å². The highest BCUT2D eigenvalue weighted by molar-refractivity contribution is 6.22. The number of amides is 3. The van der Waals surface area contributed by atoms with Crippen molar-refractivity contribution in [3.05, 3.63) is 34.9 Å². The Morgan fingerprint density at radius 1 is 1.33 bits per heavy atom. The zero-order valence-corrected chi connectivity index (χ0v) is 11.7. The zero-order chi connectivity index (χ0) is 15.0. The molecule has 0 bridgehead atoms. The number of fused-ring (bicyclic) bond motifs is 1. The molecule has 2 heterocycles. The van der Waals surface area contributed by atoms with Crippen molar-refractivity contribution in [2.75, 3.05) is 20.2 Å². The van der Waals surface area contributed by atoms with E-state index in [-0.39, 0.29) is 30.4 Å². The van der Waals surface area contributed by atoms with Gasteiger partial charge in [-0.05, 0) is 31.0 Å². The molecule has 6 nitrogen and oxygen atoms in total. The van der Waals surface area contributed by atoms with Crippen LogP contribution in [0.4, 0.5) is 0 Å². The van der Waals surface area contributed by atoms with Crippen LogP contribution in [0.1, 0.15) is 43.9 Å². The monoisotopic (exact) mass is 288 g/mol. The Hall–Kier alpha value is -2.21. The molecule has 1 aromatic rings. The normalized spacial score (nSPS) is 20.8. The number of rotatable bonds is 3. The van der Waals surface area contributed by atoms with Gasteiger partial charge < -0.3 is 10.1 Å². The van der Waals surface area contributed by atoms with Crippen LogP contribution in [0.15, 0.2) is 18.2 Å². The molecule has 1 unspecified atom stereocenters. The van der Waals surface area contributed by atoms with E-state index in [1.54, 1.807) is 6.07 Å². The smallest absolute Gasteiger partial charge is 0.261 e. The van der Waals surface area contributed by atoms with Crippen molar-refractivity contribution in [1.82, 2.24) is 10.2 Å². The number of nitrogens with one attached hydrogen (secondary N) is 1. The van der Waals surface area contributed by atoms with Crippen molar-refractivity contribution in [2.45, 2.75) is 18.9 Å². The number of ether oxygens (including phenoxy) is 1. The highest BCUT2D eigenvalue weighted by Crippen LogP contribution is 2.26. The van der Waals surface area contributed by atoms with E-state index < -0.39 is 0 Å². The third-order valence-corrected chi connectivity index (χ3v) is 3.87. The predicted octanol–water partition coefficient (Wildman–Crippen LogP) is 0.821. The molecule has 3 amide bonds. The Balaban J connectivity index is 1.87. The van der Waals surface area contributed by atoms with E-state index in [2.05, 4.69) is 5.32 Å². The first kappa shape index (κ1) is 13.8. The highest BCUT2D eigenvalue weighted by atomic mass is 16.5. The van der Waals surface area contributed by atoms with Gasteiger partial charge >= 0.3 is 0 Å². The van der Waals surface area contributed by atoms with Gasteiger partial charge in [0, 0.05) is 19.2 Å². The van der Waals surface area contributed by atoms with Crippen LogP contribution in [0.3, 0.4) is 0 Å². The van der Waals surface area contributed by atoms with E-state index in [0.717, 1.165) is 12.8 Å². The number of hydrogen-bond donors (Lipinski definition) is 1. The molecule has 1 saturated heterocycles. The van der Waals surface area contributed by atoms with Gasteiger partial charge in [0.1, 0.15) is 0 Å². The van der Waals surface area contributed by atoms with E-state index in [4.69, 9.17) is 4.74 Å². The lowest BCUT2D eigenvalue weighted by Crippen LogP contribution is -2.36.